The molecule has 0 saturated heterocycles. The van der Waals surface area contributed by atoms with Crippen LogP contribution in [0.2, 0.25) is 0 Å². The fraction of sp³-hybridized carbons (Fsp3) is 0.0977. The molecule has 20 aromatic rings. The van der Waals surface area contributed by atoms with Crippen molar-refractivity contribution in [2.45, 2.75) is 60.8 Å². The first-order valence-electron chi connectivity index (χ1n) is 47.8. The largest absolute Gasteiger partial charge is 2.00 e. The number of hydrogen-bond acceptors (Lipinski definition) is 8. The predicted molar refractivity (Wildman–Crippen MR) is 590 cm³/mol. The van der Waals surface area contributed by atoms with Gasteiger partial charge in [-0.2, -0.15) is 98.5 Å². The Morgan fingerprint density at radius 2 is 0.420 bits per heavy atom. The van der Waals surface area contributed by atoms with Crippen LogP contribution in [-0.2, 0) is 52.4 Å². The summed E-state index contributed by atoms with van der Waals surface area (Å²) in [6.07, 6.45) is 2.17. The van der Waals surface area contributed by atoms with Crippen molar-refractivity contribution in [1.82, 2.24) is 0 Å². The molecule has 0 aromatic heterocycles. The van der Waals surface area contributed by atoms with Crippen molar-refractivity contribution in [3.8, 4) is 157 Å². The Morgan fingerprint density at radius 3 is 0.748 bits per heavy atom. The summed E-state index contributed by atoms with van der Waals surface area (Å²) >= 11 is 0. The molecule has 0 aliphatic rings. The number of aromatic hydroxyl groups is 4. The number of rotatable bonds is 23. The van der Waals surface area contributed by atoms with E-state index >= 15 is 0 Å². The smallest absolute Gasteiger partial charge is 0.507 e. The molecule has 20 rings (SSSR count). The van der Waals surface area contributed by atoms with Crippen LogP contribution >= 0.6 is 0 Å². The molecule has 0 unspecified atom stereocenters. The Labute approximate surface area is 882 Å². The molecule has 0 aliphatic carbocycles. The maximum Gasteiger partial charge on any atom is 2.00 e. The molecule has 0 spiro atoms. The topological polar surface area (TPSA) is 118 Å². The summed E-state index contributed by atoms with van der Waals surface area (Å²) in [6.45, 7) is 29.1. The molecule has 0 amide bonds. The van der Waals surface area contributed by atoms with E-state index in [1.54, 1.807) is 0 Å². The Hall–Kier alpha value is -15.4. The Bertz CT molecular complexity index is 7210. The van der Waals surface area contributed by atoms with E-state index < -0.39 is 0 Å². The number of phenolic OH excluding ortho intramolecular Hbond substituents is 4. The van der Waals surface area contributed by atoms with Crippen LogP contribution in [0, 0.1) is 69.2 Å². The maximum absolute atomic E-state index is 11.9. The van der Waals surface area contributed by atoms with Crippen LogP contribution in [0.5, 0.6) is 46.0 Å². The SMILES string of the molecule is Cc1cc(-c2ccccc2OCCCCOc2ccccc2-c2cc(C)cc(-c3c(C)ccc4ccccc34)c2O)c(O)c(-c2cc(C)cc3ccccc23)c1.Cc1cc(-c2ccccc2OCCCOc2ccccc2-c2cc(C)cc(-c3ccccc3-c3ccccc3)c2O)c(O)c(-c2ccccc2-c2ccccc2)c1.[CH2-]c1ccccc1.[CH2-]c1ccccc1.[CH2-]c1ccccc1.[CH2-]c1ccccc1.[Zr+2].[Zr+2]. The van der Waals surface area contributed by atoms with Crippen LogP contribution < -0.4 is 18.9 Å². The van der Waals surface area contributed by atoms with E-state index in [0.29, 0.717) is 44.3 Å². The molecule has 0 radical (unpaired) electrons. The van der Waals surface area contributed by atoms with Gasteiger partial charge in [-0.3, -0.25) is 0 Å². The van der Waals surface area contributed by atoms with Crippen molar-refractivity contribution in [3.63, 3.8) is 0 Å². The van der Waals surface area contributed by atoms with Crippen LogP contribution in [0.3, 0.4) is 0 Å². The molecule has 10 heteroatoms. The summed E-state index contributed by atoms with van der Waals surface area (Å²) in [5, 5.41) is 51.9. The molecule has 0 bridgehead atoms. The van der Waals surface area contributed by atoms with E-state index in [0.717, 1.165) is 213 Å². The second-order valence-corrected chi connectivity index (χ2v) is 35.1. The monoisotopic (exact) mass is 2020 g/mol. The van der Waals surface area contributed by atoms with Crippen LogP contribution in [0.15, 0.2) is 449 Å². The maximum atomic E-state index is 11.9. The van der Waals surface area contributed by atoms with Crippen LogP contribution in [-0.4, -0.2) is 46.9 Å². The van der Waals surface area contributed by atoms with Gasteiger partial charge in [0.2, 0.25) is 0 Å². The van der Waals surface area contributed by atoms with E-state index in [-0.39, 0.29) is 75.4 Å². The van der Waals surface area contributed by atoms with Crippen molar-refractivity contribution < 1.29 is 91.8 Å². The number of ether oxygens (including phenoxy) is 4. The van der Waals surface area contributed by atoms with Crippen molar-refractivity contribution >= 4 is 21.5 Å². The standard InChI is InChI=1S/C53H44O4.C52H46O4.4C7H7.2Zr/c1-36-32-46(42-24-11-9-22-40(42)38-18-5-3-6-19-38)52(54)48(34-36)44-26-13-15-28-50(44)56-30-17-31-57-51-29-16-14-27-45(51)49-35-37(2)33-47(53(49)55)43-25-12-10-23-41(43)39-20-7-4-8-21-39;1-33-27-38-16-6-7-17-39(38)43(28-33)46-31-34(2)29-44(51(46)53)41-19-9-11-21-48(41)55-25-13-14-26-56-49-22-12-10-20-42(49)45-30-35(3)32-47(52(45)54)50-36(4)23-24-37-15-5-8-18-40(37)50;4*1-7-5-3-2-4-6-7;;/h3-16,18-29,32-35,54-55H,17,30-31H2,1-2H3;5-12,15-24,27-32,53-54H,13-14,25-26H2,1-4H3;4*2-6H,1H2;;/q;;4*-1;2*+2. The Kier molecular flexibility index (Phi) is 38.3. The zero-order chi connectivity index (χ0) is 98.4. The third-order valence-corrected chi connectivity index (χ3v) is 24.3. The van der Waals surface area contributed by atoms with E-state index in [1.807, 2.05) is 340 Å². The molecular weight excluding hydrogens is 1910 g/mol. The number of aryl methyl sites for hydroxylation is 6. The summed E-state index contributed by atoms with van der Waals surface area (Å²) in [6, 6.07) is 149. The van der Waals surface area contributed by atoms with Gasteiger partial charge in [0.1, 0.15) is 46.0 Å². The third kappa shape index (κ3) is 27.6. The quantitative estimate of drug-likeness (QED) is 0.0370. The molecule has 20 aromatic carbocycles. The minimum Gasteiger partial charge on any atom is -0.507 e. The van der Waals surface area contributed by atoms with Gasteiger partial charge >= 0.3 is 52.4 Å². The zero-order valence-corrected chi connectivity index (χ0v) is 86.8. The van der Waals surface area contributed by atoms with Gasteiger partial charge in [0, 0.05) is 73.2 Å². The normalized spacial score (nSPS) is 10.5. The minimum absolute atomic E-state index is 0. The van der Waals surface area contributed by atoms with Crippen molar-refractivity contribution in [2.24, 2.45) is 0 Å². The second kappa shape index (κ2) is 52.2. The van der Waals surface area contributed by atoms with Crippen molar-refractivity contribution in [1.29, 1.82) is 0 Å². The van der Waals surface area contributed by atoms with Gasteiger partial charge in [-0.1, -0.05) is 279 Å². The average molecular weight is 2030 g/mol. The Balaban J connectivity index is 0.000000185. The number of para-hydroxylation sites is 4. The molecule has 0 fully saturated rings. The van der Waals surface area contributed by atoms with Crippen molar-refractivity contribution in [3.05, 3.63) is 532 Å². The van der Waals surface area contributed by atoms with Gasteiger partial charge in [0.25, 0.3) is 0 Å². The number of hydrogen-bond donors (Lipinski definition) is 4. The first kappa shape index (κ1) is 105. The summed E-state index contributed by atoms with van der Waals surface area (Å²) in [4.78, 5) is 0. The number of unbranched alkanes of at least 4 members (excludes halogenated alkanes) is 1. The van der Waals surface area contributed by atoms with Gasteiger partial charge in [-0.15, -0.1) is 48.5 Å². The molecule has 4 N–H and O–H groups in total. The Morgan fingerprint density at radius 1 is 0.189 bits per heavy atom. The third-order valence-electron chi connectivity index (χ3n) is 24.3. The van der Waals surface area contributed by atoms with E-state index in [2.05, 4.69) is 178 Å². The zero-order valence-electron chi connectivity index (χ0n) is 81.9. The fourth-order valence-electron chi connectivity index (χ4n) is 17.5. The van der Waals surface area contributed by atoms with E-state index in [9.17, 15) is 20.4 Å². The number of phenols is 4. The number of benzene rings is 20. The molecule has 0 aliphatic heterocycles. The molecule has 0 saturated carbocycles. The molecule has 0 heterocycles. The minimum atomic E-state index is 0. The van der Waals surface area contributed by atoms with Crippen LogP contribution in [0.25, 0.3) is 133 Å². The van der Waals surface area contributed by atoms with Crippen LogP contribution in [0.4, 0.5) is 0 Å². The first-order chi connectivity index (χ1) is 68.8. The molecule has 8 nitrogen and oxygen atoms in total. The molecule has 706 valence electrons. The second-order valence-electron chi connectivity index (χ2n) is 35.1. The average Bonchev–Trinajstić information content (AvgIpc) is 0.770. The molecule has 0 atom stereocenters. The van der Waals surface area contributed by atoms with Gasteiger partial charge in [-0.05, 0) is 227 Å². The summed E-state index contributed by atoms with van der Waals surface area (Å²) in [5.74, 6) is 3.75. The van der Waals surface area contributed by atoms with Gasteiger partial charge in [0.05, 0.1) is 26.4 Å². The van der Waals surface area contributed by atoms with E-state index in [4.69, 9.17) is 18.9 Å². The summed E-state index contributed by atoms with van der Waals surface area (Å²) in [5.41, 5.74) is 28.5. The van der Waals surface area contributed by atoms with E-state index in [1.165, 1.54) is 0 Å². The summed E-state index contributed by atoms with van der Waals surface area (Å²) < 4.78 is 25.6. The number of fused-ring (bicyclic) bond motifs is 2. The first-order valence-corrected chi connectivity index (χ1v) is 47.8. The van der Waals surface area contributed by atoms with Crippen molar-refractivity contribution in [2.75, 3.05) is 26.4 Å². The van der Waals surface area contributed by atoms with Gasteiger partial charge < -0.3 is 39.4 Å². The van der Waals surface area contributed by atoms with Crippen LogP contribution in [0.1, 0.15) is 74.9 Å². The molecular formula is C133H118O8Zr2. The van der Waals surface area contributed by atoms with Gasteiger partial charge in [-0.25, -0.2) is 0 Å². The fourth-order valence-corrected chi connectivity index (χ4v) is 17.5. The predicted octanol–water partition coefficient (Wildman–Crippen LogP) is 34.6. The molecule has 143 heavy (non-hydrogen) atoms. The van der Waals surface area contributed by atoms with Gasteiger partial charge in [0.15, 0.2) is 0 Å². The summed E-state index contributed by atoms with van der Waals surface area (Å²) in [7, 11) is 0.